The van der Waals surface area contributed by atoms with Gasteiger partial charge < -0.3 is 5.73 Å². The highest BCUT2D eigenvalue weighted by Crippen LogP contribution is 2.28. The Hall–Kier alpha value is -1.49. The highest BCUT2D eigenvalue weighted by atomic mass is 19.2. The second kappa shape index (κ2) is 5.44. The Labute approximate surface area is 105 Å². The molecule has 1 fully saturated rings. The van der Waals surface area contributed by atoms with E-state index in [1.54, 1.807) is 6.07 Å². The van der Waals surface area contributed by atoms with Gasteiger partial charge in [-0.05, 0) is 30.5 Å². The molecule has 98 valence electrons. The van der Waals surface area contributed by atoms with Crippen LogP contribution in [0.15, 0.2) is 18.2 Å². The Morgan fingerprint density at radius 3 is 2.61 bits per heavy atom. The Morgan fingerprint density at radius 2 is 2.06 bits per heavy atom. The monoisotopic (exact) mass is 253 g/mol. The first-order valence-corrected chi connectivity index (χ1v) is 6.07. The Bertz CT molecular complexity index is 444. The molecule has 0 aliphatic heterocycles. The number of rotatable bonds is 6. The molecule has 0 unspecified atom stereocenters. The fourth-order valence-electron chi connectivity index (χ4n) is 1.97. The van der Waals surface area contributed by atoms with E-state index >= 15 is 0 Å². The highest BCUT2D eigenvalue weighted by molar-refractivity contribution is 5.76. The Balaban J connectivity index is 1.99. The number of hydrogen-bond acceptors (Lipinski definition) is 2. The van der Waals surface area contributed by atoms with Crippen molar-refractivity contribution in [2.75, 3.05) is 6.54 Å². The summed E-state index contributed by atoms with van der Waals surface area (Å²) in [5.41, 5.74) is 6.10. The van der Waals surface area contributed by atoms with Crippen LogP contribution in [0.5, 0.6) is 0 Å². The minimum atomic E-state index is -0.819. The van der Waals surface area contributed by atoms with E-state index in [4.69, 9.17) is 11.1 Å². The maximum Gasteiger partial charge on any atom is 0.159 e. The first-order valence-electron chi connectivity index (χ1n) is 6.07. The summed E-state index contributed by atoms with van der Waals surface area (Å²) in [5, 5.41) is 7.23. The fourth-order valence-corrected chi connectivity index (χ4v) is 1.97. The SMILES string of the molecule is N=C(N)CCN(Cc1ccc(F)c(F)c1)C1CC1. The van der Waals surface area contributed by atoms with Crippen molar-refractivity contribution < 1.29 is 8.78 Å². The molecule has 1 aliphatic carbocycles. The van der Waals surface area contributed by atoms with Crippen LogP contribution in [0.3, 0.4) is 0 Å². The maximum absolute atomic E-state index is 13.1. The number of amidine groups is 1. The van der Waals surface area contributed by atoms with E-state index in [1.165, 1.54) is 6.07 Å². The number of hydrogen-bond donors (Lipinski definition) is 2. The summed E-state index contributed by atoms with van der Waals surface area (Å²) in [6.07, 6.45) is 2.77. The van der Waals surface area contributed by atoms with Gasteiger partial charge in [-0.25, -0.2) is 8.78 Å². The van der Waals surface area contributed by atoms with Gasteiger partial charge in [-0.3, -0.25) is 10.3 Å². The predicted octanol–water partition coefficient (Wildman–Crippen LogP) is 2.26. The summed E-state index contributed by atoms with van der Waals surface area (Å²) in [7, 11) is 0. The smallest absolute Gasteiger partial charge is 0.159 e. The summed E-state index contributed by atoms with van der Waals surface area (Å²) in [6.45, 7) is 1.27. The van der Waals surface area contributed by atoms with Crippen LogP contribution < -0.4 is 5.73 Å². The number of nitrogens with two attached hydrogens (primary N) is 1. The van der Waals surface area contributed by atoms with Crippen molar-refractivity contribution in [2.45, 2.75) is 31.8 Å². The van der Waals surface area contributed by atoms with Crippen LogP contribution >= 0.6 is 0 Å². The standard InChI is InChI=1S/C13H17F2N3/c14-11-4-1-9(7-12(11)15)8-18(10-2-3-10)6-5-13(16)17/h1,4,7,10H,2-3,5-6,8H2,(H3,16,17). The molecule has 1 saturated carbocycles. The molecule has 3 N–H and O–H groups in total. The topological polar surface area (TPSA) is 53.1 Å². The molecule has 0 amide bonds. The minimum Gasteiger partial charge on any atom is -0.388 e. The third-order valence-electron chi connectivity index (χ3n) is 3.10. The summed E-state index contributed by atoms with van der Waals surface area (Å²) >= 11 is 0. The molecular formula is C13H17F2N3. The molecule has 0 radical (unpaired) electrons. The minimum absolute atomic E-state index is 0.158. The lowest BCUT2D eigenvalue weighted by Gasteiger charge is -2.21. The first kappa shape index (κ1) is 13.0. The molecule has 18 heavy (non-hydrogen) atoms. The number of benzene rings is 1. The number of nitrogens with one attached hydrogen (secondary N) is 1. The zero-order chi connectivity index (χ0) is 13.1. The van der Waals surface area contributed by atoms with Crippen molar-refractivity contribution >= 4 is 5.84 Å². The lowest BCUT2D eigenvalue weighted by atomic mass is 10.2. The molecule has 0 atom stereocenters. The van der Waals surface area contributed by atoms with E-state index in [1.807, 2.05) is 0 Å². The lowest BCUT2D eigenvalue weighted by molar-refractivity contribution is 0.261. The lowest BCUT2D eigenvalue weighted by Crippen LogP contribution is -2.29. The molecule has 0 heterocycles. The summed E-state index contributed by atoms with van der Waals surface area (Å²) in [5.74, 6) is -1.47. The van der Waals surface area contributed by atoms with Gasteiger partial charge in [0.2, 0.25) is 0 Å². The molecule has 0 saturated heterocycles. The van der Waals surface area contributed by atoms with Crippen LogP contribution in [0.1, 0.15) is 24.8 Å². The predicted molar refractivity (Wildman–Crippen MR) is 66.3 cm³/mol. The summed E-state index contributed by atoms with van der Waals surface area (Å²) in [4.78, 5) is 2.17. The van der Waals surface area contributed by atoms with Gasteiger partial charge in [-0.15, -0.1) is 0 Å². The van der Waals surface area contributed by atoms with Crippen molar-refractivity contribution in [2.24, 2.45) is 5.73 Å². The molecule has 3 nitrogen and oxygen atoms in total. The summed E-state index contributed by atoms with van der Waals surface area (Å²) < 4.78 is 25.9. The second-order valence-electron chi connectivity index (χ2n) is 4.73. The molecule has 0 bridgehead atoms. The van der Waals surface area contributed by atoms with E-state index in [2.05, 4.69) is 4.90 Å². The van der Waals surface area contributed by atoms with E-state index in [9.17, 15) is 8.78 Å². The van der Waals surface area contributed by atoms with Gasteiger partial charge in [0, 0.05) is 25.6 Å². The number of halogens is 2. The van der Waals surface area contributed by atoms with Crippen LogP contribution in [0.25, 0.3) is 0 Å². The van der Waals surface area contributed by atoms with E-state index in [0.717, 1.165) is 24.5 Å². The molecule has 5 heteroatoms. The molecule has 0 aromatic heterocycles. The van der Waals surface area contributed by atoms with Gasteiger partial charge in [-0.2, -0.15) is 0 Å². The van der Waals surface area contributed by atoms with Crippen LogP contribution in [0.4, 0.5) is 8.78 Å². The molecule has 1 aliphatic rings. The van der Waals surface area contributed by atoms with Crippen molar-refractivity contribution in [3.8, 4) is 0 Å². The Morgan fingerprint density at radius 1 is 1.33 bits per heavy atom. The van der Waals surface area contributed by atoms with Gasteiger partial charge in [-0.1, -0.05) is 6.07 Å². The van der Waals surface area contributed by atoms with E-state index in [0.29, 0.717) is 25.6 Å². The van der Waals surface area contributed by atoms with Crippen molar-refractivity contribution in [3.05, 3.63) is 35.4 Å². The molecular weight excluding hydrogens is 236 g/mol. The second-order valence-corrected chi connectivity index (χ2v) is 4.73. The average molecular weight is 253 g/mol. The van der Waals surface area contributed by atoms with Crippen molar-refractivity contribution in [1.29, 1.82) is 5.41 Å². The van der Waals surface area contributed by atoms with Gasteiger partial charge in [0.05, 0.1) is 5.84 Å². The average Bonchev–Trinajstić information content (AvgIpc) is 3.13. The van der Waals surface area contributed by atoms with E-state index < -0.39 is 11.6 Å². The Kier molecular flexibility index (Phi) is 3.91. The normalized spacial score (nSPS) is 15.1. The zero-order valence-electron chi connectivity index (χ0n) is 10.1. The van der Waals surface area contributed by atoms with Crippen molar-refractivity contribution in [3.63, 3.8) is 0 Å². The number of nitrogens with zero attached hydrogens (tertiary/aromatic N) is 1. The van der Waals surface area contributed by atoms with Gasteiger partial charge in [0.1, 0.15) is 0 Å². The molecule has 0 spiro atoms. The van der Waals surface area contributed by atoms with Crippen LogP contribution in [0.2, 0.25) is 0 Å². The largest absolute Gasteiger partial charge is 0.388 e. The highest BCUT2D eigenvalue weighted by Gasteiger charge is 2.28. The fraction of sp³-hybridized carbons (Fsp3) is 0.462. The van der Waals surface area contributed by atoms with Gasteiger partial charge in [0.15, 0.2) is 11.6 Å². The molecule has 1 aromatic rings. The van der Waals surface area contributed by atoms with Crippen LogP contribution in [-0.4, -0.2) is 23.3 Å². The van der Waals surface area contributed by atoms with Crippen molar-refractivity contribution in [1.82, 2.24) is 4.90 Å². The molecule has 1 aromatic carbocycles. The van der Waals surface area contributed by atoms with Crippen LogP contribution in [-0.2, 0) is 6.54 Å². The summed E-state index contributed by atoms with van der Waals surface area (Å²) in [6, 6.07) is 4.48. The zero-order valence-corrected chi connectivity index (χ0v) is 10.1. The third-order valence-corrected chi connectivity index (χ3v) is 3.10. The first-order chi connectivity index (χ1) is 8.56. The maximum atomic E-state index is 13.1. The third kappa shape index (κ3) is 3.50. The van der Waals surface area contributed by atoms with Gasteiger partial charge >= 0.3 is 0 Å². The quantitative estimate of drug-likeness (QED) is 0.603. The molecule has 2 rings (SSSR count). The van der Waals surface area contributed by atoms with E-state index in [-0.39, 0.29) is 5.84 Å². The van der Waals surface area contributed by atoms with Gasteiger partial charge in [0.25, 0.3) is 0 Å². The van der Waals surface area contributed by atoms with Crippen LogP contribution in [0, 0.1) is 17.0 Å².